The maximum Gasteiger partial charge on any atom is 0.145 e. The van der Waals surface area contributed by atoms with Gasteiger partial charge in [0, 0.05) is 16.2 Å². The first kappa shape index (κ1) is 13.8. The predicted molar refractivity (Wildman–Crippen MR) is 81.5 cm³/mol. The van der Waals surface area contributed by atoms with Crippen LogP contribution in [0.1, 0.15) is 17.0 Å². The zero-order chi connectivity index (χ0) is 14.0. The lowest BCUT2D eigenvalue weighted by molar-refractivity contribution is 1.05. The average Bonchev–Trinajstić information content (AvgIpc) is 2.35. The Kier molecular flexibility index (Phi) is 4.01. The van der Waals surface area contributed by atoms with E-state index in [1.807, 2.05) is 6.92 Å². The summed E-state index contributed by atoms with van der Waals surface area (Å²) in [5, 5.41) is 3.26. The molecule has 0 saturated carbocycles. The van der Waals surface area contributed by atoms with Crippen molar-refractivity contribution in [1.82, 2.24) is 9.97 Å². The summed E-state index contributed by atoms with van der Waals surface area (Å²) < 4.78 is 1.13. The van der Waals surface area contributed by atoms with E-state index >= 15 is 0 Å². The monoisotopic (exact) mass is 321 g/mol. The van der Waals surface area contributed by atoms with Crippen molar-refractivity contribution in [3.63, 3.8) is 0 Å². The van der Waals surface area contributed by atoms with E-state index in [0.29, 0.717) is 17.5 Å². The van der Waals surface area contributed by atoms with Crippen molar-refractivity contribution in [3.05, 3.63) is 39.6 Å². The minimum absolute atomic E-state index is 0.584. The minimum atomic E-state index is 0.584. The van der Waals surface area contributed by atoms with Crippen LogP contribution in [0.5, 0.6) is 0 Å². The zero-order valence-corrected chi connectivity index (χ0v) is 12.7. The van der Waals surface area contributed by atoms with Crippen LogP contribution in [0.25, 0.3) is 0 Å². The van der Waals surface area contributed by atoms with Crippen LogP contribution in [0, 0.1) is 20.8 Å². The van der Waals surface area contributed by atoms with Gasteiger partial charge in [0.15, 0.2) is 0 Å². The summed E-state index contributed by atoms with van der Waals surface area (Å²) in [6.07, 6.45) is 0. The lowest BCUT2D eigenvalue weighted by Crippen LogP contribution is -2.10. The molecule has 2 aromatic rings. The van der Waals surface area contributed by atoms with E-state index in [0.717, 1.165) is 10.2 Å². The Labute approximate surface area is 120 Å². The number of hydrogen-bond donors (Lipinski definition) is 3. The van der Waals surface area contributed by atoms with Gasteiger partial charge in [-0.1, -0.05) is 15.9 Å². The fraction of sp³-hybridized carbons (Fsp3) is 0.231. The number of nitrogens with one attached hydrogen (secondary N) is 2. The van der Waals surface area contributed by atoms with Gasteiger partial charge >= 0.3 is 0 Å². The molecule has 0 spiro atoms. The predicted octanol–water partition coefficient (Wildman–Crippen LogP) is 3.19. The maximum absolute atomic E-state index is 5.37. The molecule has 0 aliphatic carbocycles. The summed E-state index contributed by atoms with van der Waals surface area (Å²) in [5.41, 5.74) is 5.86. The second-order valence-electron chi connectivity index (χ2n) is 4.38. The SMILES string of the molecule is Cc1nc(NN)cc(Nc2cc(C)c(Br)c(C)c2)n1. The summed E-state index contributed by atoms with van der Waals surface area (Å²) in [6, 6.07) is 5.88. The molecule has 2 rings (SSSR count). The highest BCUT2D eigenvalue weighted by atomic mass is 79.9. The Bertz CT molecular complexity index is 589. The summed E-state index contributed by atoms with van der Waals surface area (Å²) in [5.74, 6) is 7.32. The Morgan fingerprint density at radius 2 is 1.58 bits per heavy atom. The van der Waals surface area contributed by atoms with Crippen LogP contribution >= 0.6 is 15.9 Å². The first-order valence-electron chi connectivity index (χ1n) is 5.85. The van der Waals surface area contributed by atoms with Gasteiger partial charge < -0.3 is 10.7 Å². The molecule has 1 aromatic heterocycles. The van der Waals surface area contributed by atoms with Crippen molar-refractivity contribution in [2.75, 3.05) is 10.7 Å². The van der Waals surface area contributed by atoms with E-state index < -0.39 is 0 Å². The lowest BCUT2D eigenvalue weighted by Gasteiger charge is -2.11. The van der Waals surface area contributed by atoms with E-state index in [4.69, 9.17) is 5.84 Å². The second kappa shape index (κ2) is 5.54. The Morgan fingerprint density at radius 1 is 1.00 bits per heavy atom. The van der Waals surface area contributed by atoms with Crippen LogP contribution in [-0.4, -0.2) is 9.97 Å². The fourth-order valence-corrected chi connectivity index (χ4v) is 2.10. The van der Waals surface area contributed by atoms with Crippen LogP contribution in [0.15, 0.2) is 22.7 Å². The molecular formula is C13H16BrN5. The average molecular weight is 322 g/mol. The standard InChI is InChI=1S/C13H16BrN5/c1-7-4-10(5-8(2)13(7)14)18-11-6-12(19-15)17-9(3)16-11/h4-6H,15H2,1-3H3,(H2,16,17,18,19). The number of aryl methyl sites for hydroxylation is 3. The van der Waals surface area contributed by atoms with E-state index in [2.05, 4.69) is 62.6 Å². The van der Waals surface area contributed by atoms with Crippen LogP contribution in [-0.2, 0) is 0 Å². The van der Waals surface area contributed by atoms with Crippen molar-refractivity contribution in [3.8, 4) is 0 Å². The summed E-state index contributed by atoms with van der Waals surface area (Å²) in [6.45, 7) is 5.94. The van der Waals surface area contributed by atoms with Gasteiger partial charge in [0.05, 0.1) is 0 Å². The summed E-state index contributed by atoms with van der Waals surface area (Å²) in [7, 11) is 0. The lowest BCUT2D eigenvalue weighted by atomic mass is 10.1. The highest BCUT2D eigenvalue weighted by molar-refractivity contribution is 9.10. The molecule has 0 fully saturated rings. The molecule has 0 unspecified atom stereocenters. The molecule has 0 aliphatic heterocycles. The van der Waals surface area contributed by atoms with Crippen LogP contribution in [0.2, 0.25) is 0 Å². The summed E-state index contributed by atoms with van der Waals surface area (Å²) in [4.78, 5) is 8.48. The number of benzene rings is 1. The quantitative estimate of drug-likeness (QED) is 0.598. The molecule has 6 heteroatoms. The fourth-order valence-electron chi connectivity index (χ4n) is 1.87. The molecule has 100 valence electrons. The van der Waals surface area contributed by atoms with Crippen LogP contribution < -0.4 is 16.6 Å². The molecule has 4 N–H and O–H groups in total. The molecule has 1 heterocycles. The molecule has 1 aromatic carbocycles. The number of anilines is 3. The molecular weight excluding hydrogens is 306 g/mol. The van der Waals surface area contributed by atoms with Gasteiger partial charge in [-0.25, -0.2) is 15.8 Å². The van der Waals surface area contributed by atoms with E-state index in [1.165, 1.54) is 11.1 Å². The van der Waals surface area contributed by atoms with Gasteiger partial charge in [0.2, 0.25) is 0 Å². The Balaban J connectivity index is 2.33. The number of aromatic nitrogens is 2. The van der Waals surface area contributed by atoms with Crippen LogP contribution in [0.4, 0.5) is 17.3 Å². The molecule has 0 aliphatic rings. The van der Waals surface area contributed by atoms with Crippen molar-refractivity contribution < 1.29 is 0 Å². The van der Waals surface area contributed by atoms with E-state index in [-0.39, 0.29) is 0 Å². The third-order valence-electron chi connectivity index (χ3n) is 2.69. The molecule has 5 nitrogen and oxygen atoms in total. The zero-order valence-electron chi connectivity index (χ0n) is 11.1. The van der Waals surface area contributed by atoms with Crippen molar-refractivity contribution in [2.45, 2.75) is 20.8 Å². The number of hydrazine groups is 1. The molecule has 19 heavy (non-hydrogen) atoms. The number of halogens is 1. The van der Waals surface area contributed by atoms with Crippen molar-refractivity contribution in [1.29, 1.82) is 0 Å². The Hall–Kier alpha value is -1.66. The smallest absolute Gasteiger partial charge is 0.145 e. The van der Waals surface area contributed by atoms with Crippen LogP contribution in [0.3, 0.4) is 0 Å². The highest BCUT2D eigenvalue weighted by Crippen LogP contribution is 2.26. The number of nitrogens with zero attached hydrogens (tertiary/aromatic N) is 2. The maximum atomic E-state index is 5.37. The third kappa shape index (κ3) is 3.21. The minimum Gasteiger partial charge on any atom is -0.340 e. The van der Waals surface area contributed by atoms with Gasteiger partial charge in [-0.05, 0) is 44.0 Å². The molecule has 0 amide bonds. The third-order valence-corrected chi connectivity index (χ3v) is 3.95. The first-order valence-corrected chi connectivity index (χ1v) is 6.65. The molecule has 0 bridgehead atoms. The van der Waals surface area contributed by atoms with Gasteiger partial charge in [-0.2, -0.15) is 0 Å². The number of hydrogen-bond acceptors (Lipinski definition) is 5. The molecule has 0 saturated heterocycles. The van der Waals surface area contributed by atoms with E-state index in [1.54, 1.807) is 6.07 Å². The summed E-state index contributed by atoms with van der Waals surface area (Å²) >= 11 is 3.55. The highest BCUT2D eigenvalue weighted by Gasteiger charge is 2.05. The number of rotatable bonds is 3. The number of nitrogen functional groups attached to an aromatic ring is 1. The van der Waals surface area contributed by atoms with Gasteiger partial charge in [-0.15, -0.1) is 0 Å². The van der Waals surface area contributed by atoms with Gasteiger partial charge in [-0.3, -0.25) is 0 Å². The Morgan fingerprint density at radius 3 is 2.16 bits per heavy atom. The normalized spacial score (nSPS) is 10.4. The van der Waals surface area contributed by atoms with Gasteiger partial charge in [0.25, 0.3) is 0 Å². The molecule has 0 radical (unpaired) electrons. The topological polar surface area (TPSA) is 75.9 Å². The van der Waals surface area contributed by atoms with Gasteiger partial charge in [0.1, 0.15) is 17.5 Å². The van der Waals surface area contributed by atoms with E-state index in [9.17, 15) is 0 Å². The molecule has 0 atom stereocenters. The first-order chi connectivity index (χ1) is 8.99. The number of nitrogens with two attached hydrogens (primary N) is 1. The largest absolute Gasteiger partial charge is 0.340 e. The van der Waals surface area contributed by atoms with Crippen molar-refractivity contribution in [2.24, 2.45) is 5.84 Å². The second-order valence-corrected chi connectivity index (χ2v) is 5.17. The van der Waals surface area contributed by atoms with Crippen molar-refractivity contribution >= 4 is 33.3 Å².